The number of benzene rings is 1. The number of esters is 1. The van der Waals surface area contributed by atoms with Crippen molar-refractivity contribution < 1.29 is 23.8 Å². The Morgan fingerprint density at radius 1 is 1.45 bits per heavy atom. The molecule has 2 aliphatic heterocycles. The highest BCUT2D eigenvalue weighted by Gasteiger charge is 2.37. The minimum atomic E-state index is -0.620. The van der Waals surface area contributed by atoms with Crippen molar-refractivity contribution in [1.29, 1.82) is 0 Å². The van der Waals surface area contributed by atoms with Gasteiger partial charge in [-0.15, -0.1) is 0 Å². The molecule has 1 aromatic carbocycles. The lowest BCUT2D eigenvalue weighted by atomic mass is 9.90. The van der Waals surface area contributed by atoms with E-state index in [1.807, 2.05) is 26.0 Å². The van der Waals surface area contributed by atoms with Crippen LogP contribution in [0.5, 0.6) is 11.5 Å². The van der Waals surface area contributed by atoms with Crippen molar-refractivity contribution in [2.45, 2.75) is 38.9 Å². The minimum Gasteiger partial charge on any atom is -0.496 e. The van der Waals surface area contributed by atoms with Gasteiger partial charge in [0.2, 0.25) is 0 Å². The molecule has 0 saturated heterocycles. The van der Waals surface area contributed by atoms with Gasteiger partial charge in [-0.1, -0.05) is 0 Å². The molecule has 5 heteroatoms. The lowest BCUT2D eigenvalue weighted by Gasteiger charge is -2.33. The fraction of sp³-hybridized carbons (Fsp3) is 0.412. The number of hydrogen-bond donors (Lipinski definition) is 0. The monoisotopic (exact) mass is 302 g/mol. The minimum absolute atomic E-state index is 0.238. The number of ether oxygens (including phenoxy) is 3. The van der Waals surface area contributed by atoms with Gasteiger partial charge in [-0.2, -0.15) is 0 Å². The first-order valence-corrected chi connectivity index (χ1v) is 7.23. The average Bonchev–Trinajstić information content (AvgIpc) is 2.89. The van der Waals surface area contributed by atoms with E-state index in [0.717, 1.165) is 23.0 Å². The second-order valence-corrected chi connectivity index (χ2v) is 5.78. The summed E-state index contributed by atoms with van der Waals surface area (Å²) >= 11 is 0. The van der Waals surface area contributed by atoms with Gasteiger partial charge in [0.15, 0.2) is 0 Å². The summed E-state index contributed by atoms with van der Waals surface area (Å²) in [6.45, 7) is 4.05. The molecule has 1 unspecified atom stereocenters. The Bertz CT molecular complexity index is 689. The van der Waals surface area contributed by atoms with Crippen molar-refractivity contribution in [1.82, 2.24) is 0 Å². The zero-order valence-corrected chi connectivity index (χ0v) is 12.9. The fourth-order valence-electron chi connectivity index (χ4n) is 3.03. The number of carbonyl (C=O) groups excluding carboxylic acids is 2. The van der Waals surface area contributed by atoms with Crippen LogP contribution >= 0.6 is 0 Å². The molecule has 116 valence electrons. The summed E-state index contributed by atoms with van der Waals surface area (Å²) in [5.41, 5.74) is 2.32. The quantitative estimate of drug-likeness (QED) is 0.632. The SMILES string of the molecule is COc1c(C)c2c(c3c1C=CC(C)(CCC=O)O3)C(=O)OC2. The zero-order chi connectivity index (χ0) is 15.9. The maximum atomic E-state index is 12.1. The molecule has 0 aromatic heterocycles. The van der Waals surface area contributed by atoms with E-state index in [0.29, 0.717) is 29.9 Å². The van der Waals surface area contributed by atoms with E-state index in [1.54, 1.807) is 7.11 Å². The summed E-state index contributed by atoms with van der Waals surface area (Å²) in [6.07, 6.45) is 5.62. The van der Waals surface area contributed by atoms with Crippen LogP contribution in [0, 0.1) is 6.92 Å². The molecule has 1 atom stereocenters. The second kappa shape index (κ2) is 5.16. The summed E-state index contributed by atoms with van der Waals surface area (Å²) in [5.74, 6) is 0.821. The van der Waals surface area contributed by atoms with Crippen LogP contribution in [0.15, 0.2) is 6.08 Å². The van der Waals surface area contributed by atoms with Gasteiger partial charge in [0.25, 0.3) is 0 Å². The number of methoxy groups -OCH3 is 1. The third-order valence-electron chi connectivity index (χ3n) is 4.26. The summed E-state index contributed by atoms with van der Waals surface area (Å²) in [7, 11) is 1.60. The molecule has 3 rings (SSSR count). The van der Waals surface area contributed by atoms with Crippen LogP contribution < -0.4 is 9.47 Å². The highest BCUT2D eigenvalue weighted by molar-refractivity contribution is 5.99. The second-order valence-electron chi connectivity index (χ2n) is 5.78. The lowest BCUT2D eigenvalue weighted by Crippen LogP contribution is -2.33. The van der Waals surface area contributed by atoms with Gasteiger partial charge in [0, 0.05) is 12.0 Å². The van der Waals surface area contributed by atoms with Crippen LogP contribution in [0.25, 0.3) is 6.08 Å². The van der Waals surface area contributed by atoms with Gasteiger partial charge < -0.3 is 19.0 Å². The van der Waals surface area contributed by atoms with Crippen LogP contribution in [0.1, 0.15) is 46.8 Å². The smallest absolute Gasteiger partial charge is 0.342 e. The summed E-state index contributed by atoms with van der Waals surface area (Å²) in [6, 6.07) is 0. The van der Waals surface area contributed by atoms with Crippen molar-refractivity contribution in [3.63, 3.8) is 0 Å². The van der Waals surface area contributed by atoms with Crippen molar-refractivity contribution in [2.75, 3.05) is 7.11 Å². The number of hydrogen-bond acceptors (Lipinski definition) is 5. The van der Waals surface area contributed by atoms with Crippen molar-refractivity contribution in [3.8, 4) is 11.5 Å². The van der Waals surface area contributed by atoms with Gasteiger partial charge >= 0.3 is 5.97 Å². The maximum absolute atomic E-state index is 12.1. The molecule has 0 fully saturated rings. The predicted molar refractivity (Wildman–Crippen MR) is 80.2 cm³/mol. The van der Waals surface area contributed by atoms with Crippen LogP contribution in [-0.2, 0) is 16.1 Å². The number of aldehydes is 1. The highest BCUT2D eigenvalue weighted by Crippen LogP contribution is 2.46. The molecule has 5 nitrogen and oxygen atoms in total. The summed E-state index contributed by atoms with van der Waals surface area (Å²) in [4.78, 5) is 22.7. The molecule has 0 amide bonds. The van der Waals surface area contributed by atoms with E-state index in [2.05, 4.69) is 0 Å². The van der Waals surface area contributed by atoms with Gasteiger partial charge in [0.1, 0.15) is 35.6 Å². The largest absolute Gasteiger partial charge is 0.496 e. The topological polar surface area (TPSA) is 61.8 Å². The molecule has 1 aromatic rings. The molecular weight excluding hydrogens is 284 g/mol. The van der Waals surface area contributed by atoms with E-state index in [9.17, 15) is 9.59 Å². The lowest BCUT2D eigenvalue weighted by molar-refractivity contribution is -0.108. The highest BCUT2D eigenvalue weighted by atomic mass is 16.5. The summed E-state index contributed by atoms with van der Waals surface area (Å²) < 4.78 is 16.8. The number of carbonyl (C=O) groups is 2. The Kier molecular flexibility index (Phi) is 3.43. The number of fused-ring (bicyclic) bond motifs is 3. The Morgan fingerprint density at radius 2 is 2.23 bits per heavy atom. The third-order valence-corrected chi connectivity index (χ3v) is 4.26. The first-order valence-electron chi connectivity index (χ1n) is 7.23. The Labute approximate surface area is 128 Å². The molecule has 0 saturated carbocycles. The van der Waals surface area contributed by atoms with Crippen molar-refractivity contribution >= 4 is 18.3 Å². The molecule has 0 bridgehead atoms. The molecule has 2 heterocycles. The predicted octanol–water partition coefficient (Wildman–Crippen LogP) is 2.82. The Hall–Kier alpha value is -2.30. The van der Waals surface area contributed by atoms with Crippen LogP contribution in [0.4, 0.5) is 0 Å². The zero-order valence-electron chi connectivity index (χ0n) is 12.9. The van der Waals surface area contributed by atoms with E-state index in [4.69, 9.17) is 14.2 Å². The average molecular weight is 302 g/mol. The van der Waals surface area contributed by atoms with Crippen LogP contribution in [-0.4, -0.2) is 25.0 Å². The Morgan fingerprint density at radius 3 is 2.91 bits per heavy atom. The van der Waals surface area contributed by atoms with E-state index >= 15 is 0 Å². The first-order chi connectivity index (χ1) is 10.5. The summed E-state index contributed by atoms with van der Waals surface area (Å²) in [5, 5.41) is 0. The molecule has 0 N–H and O–H groups in total. The number of rotatable bonds is 4. The normalized spacial score (nSPS) is 21.7. The molecular formula is C17H18O5. The van der Waals surface area contributed by atoms with Crippen molar-refractivity contribution in [2.24, 2.45) is 0 Å². The van der Waals surface area contributed by atoms with E-state index < -0.39 is 5.60 Å². The fourth-order valence-corrected chi connectivity index (χ4v) is 3.03. The number of cyclic esters (lactones) is 1. The van der Waals surface area contributed by atoms with Crippen LogP contribution in [0.3, 0.4) is 0 Å². The molecule has 2 aliphatic rings. The molecule has 0 radical (unpaired) electrons. The van der Waals surface area contributed by atoms with Crippen LogP contribution in [0.2, 0.25) is 0 Å². The van der Waals surface area contributed by atoms with E-state index in [-0.39, 0.29) is 12.6 Å². The van der Waals surface area contributed by atoms with Gasteiger partial charge in [-0.3, -0.25) is 0 Å². The standard InChI is InChI=1S/C17H18O5/c1-10-12-9-21-16(19)13(12)15-11(14(10)20-3)5-7-17(2,22-15)6-4-8-18/h5,7-8H,4,6,9H2,1-3H3. The molecule has 0 spiro atoms. The van der Waals surface area contributed by atoms with Crippen molar-refractivity contribution in [3.05, 3.63) is 28.3 Å². The van der Waals surface area contributed by atoms with Gasteiger partial charge in [0.05, 0.1) is 12.7 Å². The van der Waals surface area contributed by atoms with E-state index in [1.165, 1.54) is 0 Å². The maximum Gasteiger partial charge on any atom is 0.342 e. The molecule has 0 aliphatic carbocycles. The molecule has 22 heavy (non-hydrogen) atoms. The van der Waals surface area contributed by atoms with Gasteiger partial charge in [-0.05, 0) is 38.0 Å². The third kappa shape index (κ3) is 2.08. The Balaban J connectivity index is 2.16. The first kappa shape index (κ1) is 14.6. The van der Waals surface area contributed by atoms with Gasteiger partial charge in [-0.25, -0.2) is 4.79 Å².